The van der Waals surface area contributed by atoms with Crippen molar-refractivity contribution in [1.82, 2.24) is 14.9 Å². The molecule has 1 heterocycles. The van der Waals surface area contributed by atoms with Gasteiger partial charge in [-0.15, -0.1) is 0 Å². The van der Waals surface area contributed by atoms with Crippen LogP contribution in [0.1, 0.15) is 59.1 Å². The second-order valence-corrected chi connectivity index (χ2v) is 11.9. The van der Waals surface area contributed by atoms with Gasteiger partial charge in [-0.3, -0.25) is 4.79 Å². The zero-order valence-electron chi connectivity index (χ0n) is 26.5. The molecule has 1 aromatic heterocycles. The molecule has 0 bridgehead atoms. The summed E-state index contributed by atoms with van der Waals surface area (Å²) in [7, 11) is 0. The minimum Gasteiger partial charge on any atom is -0.378 e. The molecular weight excluding hydrogens is 566 g/mol. The molecule has 0 spiro atoms. The summed E-state index contributed by atoms with van der Waals surface area (Å²) in [4.78, 5) is 17.4. The Morgan fingerprint density at radius 2 is 1.26 bits per heavy atom. The van der Waals surface area contributed by atoms with E-state index in [2.05, 4.69) is 82.7 Å². The van der Waals surface area contributed by atoms with Crippen LogP contribution in [0.15, 0.2) is 152 Å². The molecule has 0 radical (unpaired) electrons. The van der Waals surface area contributed by atoms with Crippen LogP contribution in [0.2, 0.25) is 0 Å². The van der Waals surface area contributed by atoms with E-state index >= 15 is 0 Å². The molecule has 0 fully saturated rings. The van der Waals surface area contributed by atoms with Crippen molar-refractivity contribution >= 4 is 5.91 Å². The van der Waals surface area contributed by atoms with E-state index in [-0.39, 0.29) is 11.8 Å². The zero-order chi connectivity index (χ0) is 32.1. The number of nitrogens with one attached hydrogen (secondary N) is 1. The van der Waals surface area contributed by atoms with Crippen LogP contribution in [0.25, 0.3) is 11.1 Å². The van der Waals surface area contributed by atoms with Gasteiger partial charge in [-0.1, -0.05) is 141 Å². The molecule has 5 nitrogen and oxygen atoms in total. The molecule has 1 atom stereocenters. The molecule has 5 heteroatoms. The lowest BCUT2D eigenvalue weighted by Crippen LogP contribution is -2.37. The maximum Gasteiger partial charge on any atom is 0.251 e. The van der Waals surface area contributed by atoms with E-state index in [1.807, 2.05) is 100 Å². The Labute approximate surface area is 271 Å². The summed E-state index contributed by atoms with van der Waals surface area (Å²) in [6.07, 6.45) is 3.84. The number of hydrogen-bond donors (Lipinski definition) is 2. The van der Waals surface area contributed by atoms with E-state index in [0.717, 1.165) is 33.4 Å². The van der Waals surface area contributed by atoms with Gasteiger partial charge in [0.2, 0.25) is 0 Å². The van der Waals surface area contributed by atoms with Gasteiger partial charge in [0, 0.05) is 18.3 Å². The highest BCUT2D eigenvalue weighted by molar-refractivity contribution is 5.95. The lowest BCUT2D eigenvalue weighted by molar-refractivity contribution is 0.0278. The van der Waals surface area contributed by atoms with Crippen LogP contribution < -0.4 is 5.32 Å². The Morgan fingerprint density at radius 3 is 1.76 bits per heavy atom. The third kappa shape index (κ3) is 5.44. The van der Waals surface area contributed by atoms with Crippen LogP contribution >= 0.6 is 0 Å². The van der Waals surface area contributed by atoms with E-state index in [1.165, 1.54) is 0 Å². The molecule has 6 rings (SSSR count). The molecular formula is C41H39N3O2. The van der Waals surface area contributed by atoms with Gasteiger partial charge in [0.1, 0.15) is 11.1 Å². The van der Waals surface area contributed by atoms with Crippen LogP contribution in [0.4, 0.5) is 0 Å². The number of carbonyl (C=O) groups is 1. The summed E-state index contributed by atoms with van der Waals surface area (Å²) < 4.78 is 2.14. The number of aromatic nitrogens is 2. The topological polar surface area (TPSA) is 67.2 Å². The fourth-order valence-electron chi connectivity index (χ4n) is 6.48. The molecule has 0 aliphatic heterocycles. The van der Waals surface area contributed by atoms with Crippen LogP contribution in [-0.2, 0) is 11.1 Å². The van der Waals surface area contributed by atoms with Gasteiger partial charge in [-0.25, -0.2) is 4.98 Å². The number of benzene rings is 5. The van der Waals surface area contributed by atoms with E-state index in [1.54, 1.807) is 0 Å². The fraction of sp³-hybridized carbons (Fsp3) is 0.171. The summed E-state index contributed by atoms with van der Waals surface area (Å²) in [6, 6.07) is 46.9. The zero-order valence-corrected chi connectivity index (χ0v) is 26.5. The third-order valence-corrected chi connectivity index (χ3v) is 8.89. The number of nitrogens with zero attached hydrogens (tertiary/aromatic N) is 2. The van der Waals surface area contributed by atoms with Gasteiger partial charge in [-0.2, -0.15) is 0 Å². The average Bonchev–Trinajstić information content (AvgIpc) is 3.61. The quantitative estimate of drug-likeness (QED) is 0.155. The van der Waals surface area contributed by atoms with Gasteiger partial charge in [0.15, 0.2) is 0 Å². The summed E-state index contributed by atoms with van der Waals surface area (Å²) >= 11 is 0. The predicted octanol–water partition coefficient (Wildman–Crippen LogP) is 8.03. The van der Waals surface area contributed by atoms with E-state index < -0.39 is 11.1 Å². The van der Waals surface area contributed by atoms with E-state index in [4.69, 9.17) is 4.98 Å². The van der Waals surface area contributed by atoms with Crippen LogP contribution in [0.3, 0.4) is 0 Å². The van der Waals surface area contributed by atoms with Gasteiger partial charge in [0.25, 0.3) is 5.91 Å². The molecule has 0 aliphatic rings. The van der Waals surface area contributed by atoms with Crippen molar-refractivity contribution in [2.75, 3.05) is 6.54 Å². The van der Waals surface area contributed by atoms with Crippen molar-refractivity contribution in [3.05, 3.63) is 186 Å². The highest BCUT2D eigenvalue weighted by Crippen LogP contribution is 2.43. The molecule has 46 heavy (non-hydrogen) atoms. The number of rotatable bonds is 10. The van der Waals surface area contributed by atoms with E-state index in [9.17, 15) is 9.90 Å². The molecule has 6 aromatic rings. The van der Waals surface area contributed by atoms with Crippen molar-refractivity contribution in [2.45, 2.75) is 31.9 Å². The predicted molar refractivity (Wildman–Crippen MR) is 185 cm³/mol. The fourth-order valence-corrected chi connectivity index (χ4v) is 6.48. The van der Waals surface area contributed by atoms with Crippen LogP contribution in [-0.4, -0.2) is 27.1 Å². The van der Waals surface area contributed by atoms with Crippen molar-refractivity contribution in [3.8, 4) is 11.1 Å². The minimum atomic E-state index is -1.36. The summed E-state index contributed by atoms with van der Waals surface area (Å²) in [5, 5.41) is 15.4. The lowest BCUT2D eigenvalue weighted by Gasteiger charge is -2.37. The second kappa shape index (κ2) is 13.0. The molecule has 230 valence electrons. The second-order valence-electron chi connectivity index (χ2n) is 11.9. The first-order valence-corrected chi connectivity index (χ1v) is 15.8. The van der Waals surface area contributed by atoms with Crippen molar-refractivity contribution in [1.29, 1.82) is 0 Å². The first-order valence-electron chi connectivity index (χ1n) is 15.8. The summed E-state index contributed by atoms with van der Waals surface area (Å²) in [5.74, 6) is -0.273. The highest BCUT2D eigenvalue weighted by Gasteiger charge is 2.42. The van der Waals surface area contributed by atoms with E-state index in [0.29, 0.717) is 17.8 Å². The summed E-state index contributed by atoms with van der Waals surface area (Å²) in [6.45, 7) is 6.51. The Kier molecular flexibility index (Phi) is 8.69. The first kappa shape index (κ1) is 30.8. The number of carbonyl (C=O) groups excluding carboxylic acids is 1. The normalized spacial score (nSPS) is 12.9. The smallest absolute Gasteiger partial charge is 0.251 e. The third-order valence-electron chi connectivity index (χ3n) is 8.89. The monoisotopic (exact) mass is 605 g/mol. The maximum atomic E-state index is 12.5. The number of amides is 1. The first-order chi connectivity index (χ1) is 22.4. The Bertz CT molecular complexity index is 1800. The molecule has 0 saturated carbocycles. The standard InChI is InChI=1S/C41H39N3O2/c1-4-42-39(45)33-16-14-15-32(27-33)31-23-25-37(26-24-31)41(46,30(2)3)38-28-44(29-43-38)40(34-17-8-5-9-18-34,35-19-10-6-11-20-35)36-21-12-7-13-22-36/h5-30,46H,4H2,1-3H3,(H,42,45). The Morgan fingerprint density at radius 1 is 0.717 bits per heavy atom. The van der Waals surface area contributed by atoms with Crippen molar-refractivity contribution in [3.63, 3.8) is 0 Å². The Hall–Kier alpha value is -5.26. The maximum absolute atomic E-state index is 12.5. The SMILES string of the molecule is CCNC(=O)c1cccc(-c2ccc(C(O)(c3cn(C(c4ccccc4)(c4ccccc4)c4ccccc4)cn3)C(C)C)cc2)c1. The van der Waals surface area contributed by atoms with Gasteiger partial charge in [-0.05, 0) is 58.4 Å². The highest BCUT2D eigenvalue weighted by atomic mass is 16.3. The minimum absolute atomic E-state index is 0.0941. The number of aliphatic hydroxyl groups is 1. The molecule has 0 aliphatic carbocycles. The van der Waals surface area contributed by atoms with Gasteiger partial charge >= 0.3 is 0 Å². The van der Waals surface area contributed by atoms with Crippen molar-refractivity contribution in [2.24, 2.45) is 5.92 Å². The number of imidazole rings is 1. The molecule has 1 amide bonds. The molecule has 0 saturated heterocycles. The van der Waals surface area contributed by atoms with Crippen LogP contribution in [0.5, 0.6) is 0 Å². The Balaban J connectivity index is 1.46. The molecule has 1 unspecified atom stereocenters. The van der Waals surface area contributed by atoms with Crippen molar-refractivity contribution < 1.29 is 9.90 Å². The van der Waals surface area contributed by atoms with Gasteiger partial charge < -0.3 is 15.0 Å². The average molecular weight is 606 g/mol. The summed E-state index contributed by atoms with van der Waals surface area (Å²) in [5.41, 5.74) is 5.01. The largest absolute Gasteiger partial charge is 0.378 e. The van der Waals surface area contributed by atoms with Gasteiger partial charge in [0.05, 0.1) is 12.0 Å². The lowest BCUT2D eigenvalue weighted by atomic mass is 9.76. The molecule has 5 aromatic carbocycles. The molecule has 2 N–H and O–H groups in total. The number of hydrogen-bond acceptors (Lipinski definition) is 3. The van der Waals surface area contributed by atoms with Crippen LogP contribution in [0, 0.1) is 5.92 Å².